The Morgan fingerprint density at radius 3 is 2.56 bits per heavy atom. The van der Waals surface area contributed by atoms with Gasteiger partial charge in [0.2, 0.25) is 0 Å². The molecule has 1 atom stereocenters. The lowest BCUT2D eigenvalue weighted by Gasteiger charge is -2.06. The maximum Gasteiger partial charge on any atom is 0.522 e. The maximum absolute atomic E-state index is 12.7. The van der Waals surface area contributed by atoms with Crippen molar-refractivity contribution in [3.8, 4) is 0 Å². The molecule has 7 heteroatoms. The third-order valence-electron chi connectivity index (χ3n) is 1.59. The van der Waals surface area contributed by atoms with Crippen LogP contribution in [-0.4, -0.2) is 22.9 Å². The number of alkyl halides is 3. The maximum atomic E-state index is 12.7. The van der Waals surface area contributed by atoms with Gasteiger partial charge in [-0.2, -0.15) is 0 Å². The summed E-state index contributed by atoms with van der Waals surface area (Å²) in [5.41, 5.74) is 0. The Morgan fingerprint density at radius 1 is 1.31 bits per heavy atom. The molecule has 0 saturated heterocycles. The number of ether oxygens (including phenoxy) is 1. The molecule has 0 spiro atoms. The largest absolute Gasteiger partial charge is 0.522 e. The molecule has 0 N–H and O–H groups in total. The molecular weight excluding hydrogens is 248 g/mol. The van der Waals surface area contributed by atoms with Crippen LogP contribution >= 0.6 is 0 Å². The SMILES string of the molecule is O=S(CCOC(F)(F)F)c1cccc(F)c1. The molecule has 0 aromatic heterocycles. The Bertz CT molecular complexity index is 378. The summed E-state index contributed by atoms with van der Waals surface area (Å²) in [6.45, 7) is -0.716. The van der Waals surface area contributed by atoms with E-state index in [4.69, 9.17) is 0 Å². The number of hydrogen-bond acceptors (Lipinski definition) is 2. The van der Waals surface area contributed by atoms with Crippen molar-refractivity contribution in [2.24, 2.45) is 0 Å². The van der Waals surface area contributed by atoms with Gasteiger partial charge in [0.25, 0.3) is 0 Å². The number of halogens is 4. The van der Waals surface area contributed by atoms with Crippen LogP contribution in [0.5, 0.6) is 0 Å². The fourth-order valence-electron chi connectivity index (χ4n) is 0.960. The Labute approximate surface area is 91.7 Å². The van der Waals surface area contributed by atoms with E-state index in [0.29, 0.717) is 0 Å². The highest BCUT2D eigenvalue weighted by Gasteiger charge is 2.28. The summed E-state index contributed by atoms with van der Waals surface area (Å²) in [6, 6.07) is 4.90. The van der Waals surface area contributed by atoms with Crippen molar-refractivity contribution in [2.45, 2.75) is 11.3 Å². The van der Waals surface area contributed by atoms with E-state index in [1.807, 2.05) is 0 Å². The van der Waals surface area contributed by atoms with Crippen molar-refractivity contribution >= 4 is 10.8 Å². The molecule has 0 aliphatic heterocycles. The third kappa shape index (κ3) is 4.71. The van der Waals surface area contributed by atoms with Gasteiger partial charge in [-0.25, -0.2) is 4.39 Å². The van der Waals surface area contributed by atoms with E-state index in [-0.39, 0.29) is 10.6 Å². The topological polar surface area (TPSA) is 26.3 Å². The zero-order chi connectivity index (χ0) is 12.2. The minimum Gasteiger partial charge on any atom is -0.291 e. The average Bonchev–Trinajstić information content (AvgIpc) is 2.15. The molecule has 0 bridgehead atoms. The molecule has 0 aliphatic carbocycles. The van der Waals surface area contributed by atoms with Crippen LogP contribution in [0.3, 0.4) is 0 Å². The van der Waals surface area contributed by atoms with E-state index in [9.17, 15) is 21.8 Å². The summed E-state index contributed by atoms with van der Waals surface area (Å²) >= 11 is 0. The van der Waals surface area contributed by atoms with Crippen molar-refractivity contribution < 1.29 is 26.5 Å². The molecule has 1 aromatic carbocycles. The van der Waals surface area contributed by atoms with E-state index < -0.39 is 29.6 Å². The second kappa shape index (κ2) is 5.40. The van der Waals surface area contributed by atoms with Gasteiger partial charge < -0.3 is 0 Å². The molecule has 1 aromatic rings. The van der Waals surface area contributed by atoms with E-state index in [0.717, 1.165) is 12.1 Å². The highest BCUT2D eigenvalue weighted by Crippen LogP contribution is 2.16. The van der Waals surface area contributed by atoms with Gasteiger partial charge in [0, 0.05) is 4.90 Å². The Morgan fingerprint density at radius 2 is 2.00 bits per heavy atom. The highest BCUT2D eigenvalue weighted by molar-refractivity contribution is 7.85. The first kappa shape index (κ1) is 13.1. The molecular formula is C9H8F4O2S. The molecule has 0 radical (unpaired) electrons. The number of hydrogen-bond donors (Lipinski definition) is 0. The zero-order valence-corrected chi connectivity index (χ0v) is 8.78. The Hall–Kier alpha value is -0.950. The number of benzene rings is 1. The minimum atomic E-state index is -4.73. The van der Waals surface area contributed by atoms with Gasteiger partial charge in [-0.05, 0) is 18.2 Å². The van der Waals surface area contributed by atoms with Crippen LogP contribution in [0.25, 0.3) is 0 Å². The standard InChI is InChI=1S/C9H8F4O2S/c10-7-2-1-3-8(6-7)16(14)5-4-15-9(11,12)13/h1-3,6H,4-5H2. The van der Waals surface area contributed by atoms with Crippen molar-refractivity contribution in [1.82, 2.24) is 0 Å². The summed E-state index contributed by atoms with van der Waals surface area (Å²) in [7, 11) is -1.69. The summed E-state index contributed by atoms with van der Waals surface area (Å²) in [6.07, 6.45) is -4.73. The average molecular weight is 256 g/mol. The highest BCUT2D eigenvalue weighted by atomic mass is 32.2. The molecule has 2 nitrogen and oxygen atoms in total. The van der Waals surface area contributed by atoms with Crippen LogP contribution in [0.1, 0.15) is 0 Å². The third-order valence-corrected chi connectivity index (χ3v) is 2.91. The molecule has 0 heterocycles. The van der Waals surface area contributed by atoms with Gasteiger partial charge in [0.15, 0.2) is 0 Å². The van der Waals surface area contributed by atoms with Gasteiger partial charge >= 0.3 is 6.36 Å². The van der Waals surface area contributed by atoms with Gasteiger partial charge in [-0.15, -0.1) is 13.2 Å². The monoisotopic (exact) mass is 256 g/mol. The predicted molar refractivity (Wildman–Crippen MR) is 49.7 cm³/mol. The molecule has 1 unspecified atom stereocenters. The molecule has 16 heavy (non-hydrogen) atoms. The predicted octanol–water partition coefficient (Wildman–Crippen LogP) is 2.47. The van der Waals surface area contributed by atoms with Crippen molar-refractivity contribution in [3.63, 3.8) is 0 Å². The number of rotatable bonds is 4. The second-order valence-corrected chi connectivity index (χ2v) is 4.37. The van der Waals surface area contributed by atoms with Crippen LogP contribution in [0.4, 0.5) is 17.6 Å². The van der Waals surface area contributed by atoms with Gasteiger partial charge in [-0.1, -0.05) is 6.07 Å². The van der Waals surface area contributed by atoms with Crippen molar-refractivity contribution in [1.29, 1.82) is 0 Å². The van der Waals surface area contributed by atoms with Crippen LogP contribution in [0.2, 0.25) is 0 Å². The van der Waals surface area contributed by atoms with Crippen molar-refractivity contribution in [2.75, 3.05) is 12.4 Å². The summed E-state index contributed by atoms with van der Waals surface area (Å²) < 4.78 is 62.3. The quantitative estimate of drug-likeness (QED) is 0.773. The normalized spacial score (nSPS) is 13.8. The fourth-order valence-corrected chi connectivity index (χ4v) is 1.90. The smallest absolute Gasteiger partial charge is 0.291 e. The molecule has 0 fully saturated rings. The van der Waals surface area contributed by atoms with Crippen LogP contribution < -0.4 is 0 Å². The molecule has 0 aliphatic rings. The Kier molecular flexibility index (Phi) is 4.43. The fraction of sp³-hybridized carbons (Fsp3) is 0.333. The van der Waals surface area contributed by atoms with Crippen LogP contribution in [-0.2, 0) is 15.5 Å². The molecule has 0 amide bonds. The minimum absolute atomic E-state index is 0.144. The zero-order valence-electron chi connectivity index (χ0n) is 7.96. The van der Waals surface area contributed by atoms with Gasteiger partial charge in [0.1, 0.15) is 5.82 Å². The summed E-state index contributed by atoms with van der Waals surface area (Å²) in [5, 5.41) is 0. The van der Waals surface area contributed by atoms with E-state index in [1.165, 1.54) is 12.1 Å². The molecule has 90 valence electrons. The van der Waals surface area contributed by atoms with Crippen molar-refractivity contribution in [3.05, 3.63) is 30.1 Å². The first-order valence-electron chi connectivity index (χ1n) is 4.23. The second-order valence-electron chi connectivity index (χ2n) is 2.80. The first-order chi connectivity index (χ1) is 7.38. The summed E-state index contributed by atoms with van der Waals surface area (Å²) in [4.78, 5) is 0.144. The van der Waals surface area contributed by atoms with Crippen LogP contribution in [0, 0.1) is 5.82 Å². The summed E-state index contributed by atoms with van der Waals surface area (Å²) in [5.74, 6) is -0.911. The lowest BCUT2D eigenvalue weighted by molar-refractivity contribution is -0.322. The van der Waals surface area contributed by atoms with Crippen LogP contribution in [0.15, 0.2) is 29.2 Å². The first-order valence-corrected chi connectivity index (χ1v) is 5.55. The lowest BCUT2D eigenvalue weighted by Crippen LogP contribution is -2.17. The van der Waals surface area contributed by atoms with E-state index in [2.05, 4.69) is 4.74 Å². The molecule has 0 saturated carbocycles. The van der Waals surface area contributed by atoms with E-state index >= 15 is 0 Å². The lowest BCUT2D eigenvalue weighted by atomic mass is 10.4. The molecule has 1 rings (SSSR count). The van der Waals surface area contributed by atoms with Gasteiger partial charge in [0.05, 0.1) is 23.2 Å². The van der Waals surface area contributed by atoms with Gasteiger partial charge in [-0.3, -0.25) is 8.95 Å². The Balaban J connectivity index is 2.47. The van der Waals surface area contributed by atoms with E-state index in [1.54, 1.807) is 0 Å².